The average molecular weight is 505 g/mol. The predicted molar refractivity (Wildman–Crippen MR) is 129 cm³/mol. The zero-order valence-corrected chi connectivity index (χ0v) is 20.5. The highest BCUT2D eigenvalue weighted by Crippen LogP contribution is 2.35. The van der Waals surface area contributed by atoms with Crippen molar-refractivity contribution in [1.82, 2.24) is 0 Å². The molecule has 1 aromatic heterocycles. The monoisotopic (exact) mass is 504 g/mol. The molecule has 0 radical (unpaired) electrons. The maximum Gasteiger partial charge on any atom is 0.389 e. The largest absolute Gasteiger partial charge is 0.497 e. The number of rotatable bonds is 9. The molecule has 1 unspecified atom stereocenters. The van der Waals surface area contributed by atoms with Crippen LogP contribution in [0.1, 0.15) is 25.8 Å². The Hall–Kier alpha value is -3.75. The van der Waals surface area contributed by atoms with E-state index in [-0.39, 0.29) is 16.9 Å². The Bertz CT molecular complexity index is 1340. The smallest absolute Gasteiger partial charge is 0.389 e. The van der Waals surface area contributed by atoms with Crippen LogP contribution in [-0.2, 0) is 9.53 Å². The number of ether oxygens (including phenoxy) is 3. The molecule has 0 spiro atoms. The first-order valence-electron chi connectivity index (χ1n) is 11.1. The van der Waals surface area contributed by atoms with E-state index < -0.39 is 42.8 Å². The summed E-state index contributed by atoms with van der Waals surface area (Å²) >= 11 is 0. The molecule has 0 bridgehead atoms. The van der Waals surface area contributed by atoms with Crippen LogP contribution in [0, 0.1) is 12.3 Å². The molecule has 6 nitrogen and oxygen atoms in total. The average Bonchev–Trinajstić information content (AvgIpc) is 2.79. The molecule has 0 saturated heterocycles. The number of aryl methyl sites for hydroxylation is 1. The summed E-state index contributed by atoms with van der Waals surface area (Å²) in [6.07, 6.45) is -5.73. The number of benzene rings is 2. The van der Waals surface area contributed by atoms with Gasteiger partial charge >= 0.3 is 17.8 Å². The number of halogens is 3. The number of methoxy groups -OCH3 is 1. The van der Waals surface area contributed by atoms with Gasteiger partial charge in [0.1, 0.15) is 23.7 Å². The third-order valence-corrected chi connectivity index (χ3v) is 5.55. The van der Waals surface area contributed by atoms with E-state index in [1.165, 1.54) is 19.9 Å². The third-order valence-electron chi connectivity index (χ3n) is 5.55. The molecular weight excluding hydrogens is 477 g/mol. The van der Waals surface area contributed by atoms with Crippen LogP contribution >= 0.6 is 0 Å². The second-order valence-electron chi connectivity index (χ2n) is 9.08. The molecule has 1 atom stereocenters. The highest BCUT2D eigenvalue weighted by atomic mass is 19.4. The lowest BCUT2D eigenvalue weighted by atomic mass is 9.88. The quantitative estimate of drug-likeness (QED) is 0.195. The summed E-state index contributed by atoms with van der Waals surface area (Å²) in [5.41, 5.74) is 0.0819. The van der Waals surface area contributed by atoms with Gasteiger partial charge in [0.05, 0.1) is 25.7 Å². The summed E-state index contributed by atoms with van der Waals surface area (Å²) in [4.78, 5) is 24.4. The predicted octanol–water partition coefficient (Wildman–Crippen LogP) is 6.23. The number of hydrogen-bond donors (Lipinski definition) is 0. The first-order chi connectivity index (χ1) is 16.8. The van der Waals surface area contributed by atoms with Crippen LogP contribution in [0.4, 0.5) is 13.2 Å². The standard InChI is InChI=1S/C27H27F3O6/c1-16(2)24(31)35-15-26(4,13-27(28,29)30)14-34-20-7-6-18-11-22(25(32)36-23(18)12-20)21-9-8-19(33-5)10-17(21)3/h6-12H,1,13-15H2,2-5H3. The van der Waals surface area contributed by atoms with Crippen LogP contribution in [-0.4, -0.2) is 32.5 Å². The molecule has 36 heavy (non-hydrogen) atoms. The lowest BCUT2D eigenvalue weighted by Gasteiger charge is -2.30. The fraction of sp³-hybridized carbons (Fsp3) is 0.333. The molecular formula is C27H27F3O6. The van der Waals surface area contributed by atoms with Crippen molar-refractivity contribution in [1.29, 1.82) is 0 Å². The topological polar surface area (TPSA) is 75.0 Å². The Morgan fingerprint density at radius 2 is 1.72 bits per heavy atom. The van der Waals surface area contributed by atoms with Gasteiger partial charge in [-0.3, -0.25) is 0 Å². The summed E-state index contributed by atoms with van der Waals surface area (Å²) in [7, 11) is 1.55. The highest BCUT2D eigenvalue weighted by molar-refractivity contribution is 5.87. The Morgan fingerprint density at radius 3 is 2.33 bits per heavy atom. The van der Waals surface area contributed by atoms with E-state index >= 15 is 0 Å². The van der Waals surface area contributed by atoms with Crippen molar-refractivity contribution in [3.63, 3.8) is 0 Å². The van der Waals surface area contributed by atoms with Crippen LogP contribution in [0.2, 0.25) is 0 Å². The van der Waals surface area contributed by atoms with Gasteiger partial charge in [-0.1, -0.05) is 19.6 Å². The molecule has 192 valence electrons. The number of fused-ring (bicyclic) bond motifs is 1. The Kier molecular flexibility index (Phi) is 7.81. The fourth-order valence-corrected chi connectivity index (χ4v) is 3.68. The summed E-state index contributed by atoms with van der Waals surface area (Å²) in [6.45, 7) is 7.10. The van der Waals surface area contributed by atoms with Crippen molar-refractivity contribution in [2.45, 2.75) is 33.4 Å². The second-order valence-corrected chi connectivity index (χ2v) is 9.08. The molecule has 0 aliphatic heterocycles. The van der Waals surface area contributed by atoms with E-state index in [1.54, 1.807) is 37.4 Å². The van der Waals surface area contributed by atoms with Crippen LogP contribution in [0.25, 0.3) is 22.1 Å². The molecule has 3 aromatic rings. The van der Waals surface area contributed by atoms with Crippen LogP contribution < -0.4 is 15.1 Å². The molecule has 0 amide bonds. The Balaban J connectivity index is 1.84. The normalized spacial score (nSPS) is 13.2. The lowest BCUT2D eigenvalue weighted by Crippen LogP contribution is -2.36. The maximum absolute atomic E-state index is 13.2. The van der Waals surface area contributed by atoms with E-state index in [9.17, 15) is 22.8 Å². The number of carbonyl (C=O) groups excluding carboxylic acids is 1. The van der Waals surface area contributed by atoms with Crippen molar-refractivity contribution < 1.29 is 36.6 Å². The molecule has 1 heterocycles. The summed E-state index contributed by atoms with van der Waals surface area (Å²) in [6, 6.07) is 11.7. The van der Waals surface area contributed by atoms with E-state index in [1.807, 2.05) is 13.0 Å². The van der Waals surface area contributed by atoms with Gasteiger partial charge in [0.25, 0.3) is 0 Å². The van der Waals surface area contributed by atoms with Gasteiger partial charge in [-0.05, 0) is 55.3 Å². The first-order valence-corrected chi connectivity index (χ1v) is 11.1. The van der Waals surface area contributed by atoms with Crippen molar-refractivity contribution in [3.05, 3.63) is 70.6 Å². The minimum atomic E-state index is -4.50. The van der Waals surface area contributed by atoms with E-state index in [0.29, 0.717) is 22.3 Å². The minimum Gasteiger partial charge on any atom is -0.497 e. The molecule has 9 heteroatoms. The van der Waals surface area contributed by atoms with E-state index in [4.69, 9.17) is 18.6 Å². The molecule has 0 aliphatic rings. The van der Waals surface area contributed by atoms with Gasteiger partial charge in [-0.2, -0.15) is 13.2 Å². The maximum atomic E-state index is 13.2. The van der Waals surface area contributed by atoms with Crippen molar-refractivity contribution in [3.8, 4) is 22.6 Å². The number of hydrogen-bond acceptors (Lipinski definition) is 6. The summed E-state index contributed by atoms with van der Waals surface area (Å²) in [5.74, 6) is 0.0903. The van der Waals surface area contributed by atoms with E-state index in [2.05, 4.69) is 6.58 Å². The van der Waals surface area contributed by atoms with Crippen molar-refractivity contribution in [2.75, 3.05) is 20.3 Å². The summed E-state index contributed by atoms with van der Waals surface area (Å²) in [5, 5.41) is 0.612. The minimum absolute atomic E-state index is 0.0824. The molecule has 3 rings (SSSR count). The van der Waals surface area contributed by atoms with Crippen LogP contribution in [0.15, 0.2) is 63.8 Å². The molecule has 0 saturated carbocycles. The Morgan fingerprint density at radius 1 is 1.03 bits per heavy atom. The van der Waals surface area contributed by atoms with Crippen LogP contribution in [0.5, 0.6) is 11.5 Å². The highest BCUT2D eigenvalue weighted by Gasteiger charge is 2.41. The number of alkyl halides is 3. The van der Waals surface area contributed by atoms with E-state index in [0.717, 1.165) is 5.56 Å². The van der Waals surface area contributed by atoms with Crippen molar-refractivity contribution in [2.24, 2.45) is 5.41 Å². The number of esters is 1. The van der Waals surface area contributed by atoms with Crippen molar-refractivity contribution >= 4 is 16.9 Å². The zero-order valence-electron chi connectivity index (χ0n) is 20.5. The van der Waals surface area contributed by atoms with Gasteiger partial charge in [-0.15, -0.1) is 0 Å². The second kappa shape index (κ2) is 10.5. The number of carbonyl (C=O) groups is 1. The first kappa shape index (κ1) is 26.8. The summed E-state index contributed by atoms with van der Waals surface area (Å²) < 4.78 is 60.9. The lowest BCUT2D eigenvalue weighted by molar-refractivity contribution is -0.173. The van der Waals surface area contributed by atoms with Gasteiger partial charge < -0.3 is 18.6 Å². The Labute approximate surface area is 206 Å². The molecule has 2 aromatic carbocycles. The zero-order chi connectivity index (χ0) is 26.7. The van der Waals surface area contributed by atoms with Gasteiger partial charge in [0.15, 0.2) is 0 Å². The SMILES string of the molecule is C=C(C)C(=O)OCC(C)(COc1ccc2cc(-c3ccc(OC)cc3C)c(=O)oc2c1)CC(F)(F)F. The molecule has 0 aliphatic carbocycles. The molecule has 0 N–H and O–H groups in total. The third kappa shape index (κ3) is 6.68. The van der Waals surface area contributed by atoms with Crippen LogP contribution in [0.3, 0.4) is 0 Å². The van der Waals surface area contributed by atoms with Gasteiger partial charge in [-0.25, -0.2) is 9.59 Å². The van der Waals surface area contributed by atoms with Gasteiger partial charge in [0.2, 0.25) is 0 Å². The molecule has 0 fully saturated rings. The van der Waals surface area contributed by atoms with Gasteiger partial charge in [0, 0.05) is 22.4 Å². The fourth-order valence-electron chi connectivity index (χ4n) is 3.68.